The molecule has 0 amide bonds. The number of halogens is 1. The molecule has 2 rings (SSSR count). The summed E-state index contributed by atoms with van der Waals surface area (Å²) in [6, 6.07) is 7.93. The molecule has 0 aliphatic heterocycles. The van der Waals surface area contributed by atoms with E-state index >= 15 is 0 Å². The molecule has 5 heteroatoms. The van der Waals surface area contributed by atoms with Gasteiger partial charge in [-0.3, -0.25) is 4.68 Å². The van der Waals surface area contributed by atoms with Crippen LogP contribution >= 0.6 is 15.9 Å². The third-order valence-corrected chi connectivity index (χ3v) is 4.14. The van der Waals surface area contributed by atoms with Gasteiger partial charge in [-0.05, 0) is 41.4 Å². The number of nitrogens with one attached hydrogen (secondary N) is 1. The van der Waals surface area contributed by atoms with Crippen LogP contribution in [0.15, 0.2) is 28.7 Å². The number of hydrogen-bond acceptors (Lipinski definition) is 3. The Hall–Kier alpha value is -1.49. The van der Waals surface area contributed by atoms with Gasteiger partial charge < -0.3 is 10.1 Å². The fraction of sp³-hybridized carbons (Fsp3) is 0.400. The molecule has 0 saturated heterocycles. The molecule has 0 unspecified atom stereocenters. The Bertz CT molecular complexity index is 580. The number of methoxy groups -OCH3 is 1. The Labute approximate surface area is 128 Å². The quantitative estimate of drug-likeness (QED) is 0.870. The van der Waals surface area contributed by atoms with Crippen LogP contribution < -0.4 is 10.1 Å². The average molecular weight is 338 g/mol. The Balaban J connectivity index is 2.15. The molecule has 0 radical (unpaired) electrons. The lowest BCUT2D eigenvalue weighted by Gasteiger charge is -2.10. The van der Waals surface area contributed by atoms with Gasteiger partial charge in [0.1, 0.15) is 5.75 Å². The molecule has 1 aromatic carbocycles. The second-order valence-corrected chi connectivity index (χ2v) is 5.26. The van der Waals surface area contributed by atoms with Crippen molar-refractivity contribution >= 4 is 21.6 Å². The Kier molecular flexibility index (Phi) is 5.06. The first-order valence-corrected chi connectivity index (χ1v) is 7.60. The first-order chi connectivity index (χ1) is 9.69. The molecule has 0 atom stereocenters. The van der Waals surface area contributed by atoms with Crippen LogP contribution in [0.4, 0.5) is 5.69 Å². The van der Waals surface area contributed by atoms with Gasteiger partial charge in [-0.15, -0.1) is 0 Å². The highest BCUT2D eigenvalue weighted by Crippen LogP contribution is 2.24. The summed E-state index contributed by atoms with van der Waals surface area (Å²) in [6.07, 6.45) is 0.930. The molecule has 20 heavy (non-hydrogen) atoms. The second kappa shape index (κ2) is 6.79. The summed E-state index contributed by atoms with van der Waals surface area (Å²) in [5, 5.41) is 8.02. The van der Waals surface area contributed by atoms with Crippen molar-refractivity contribution in [2.24, 2.45) is 0 Å². The minimum Gasteiger partial charge on any atom is -0.497 e. The minimum absolute atomic E-state index is 0.731. The largest absolute Gasteiger partial charge is 0.497 e. The number of rotatable bonds is 6. The summed E-state index contributed by atoms with van der Waals surface area (Å²) in [5.41, 5.74) is 3.32. The molecule has 1 N–H and O–H groups in total. The summed E-state index contributed by atoms with van der Waals surface area (Å²) in [5.74, 6) is 0.854. The Morgan fingerprint density at radius 1 is 1.35 bits per heavy atom. The molecule has 108 valence electrons. The van der Waals surface area contributed by atoms with E-state index in [0.717, 1.165) is 41.1 Å². The zero-order valence-electron chi connectivity index (χ0n) is 12.1. The van der Waals surface area contributed by atoms with Gasteiger partial charge in [0.2, 0.25) is 0 Å². The zero-order chi connectivity index (χ0) is 14.5. The molecule has 1 heterocycles. The van der Waals surface area contributed by atoms with Gasteiger partial charge in [-0.2, -0.15) is 5.10 Å². The van der Waals surface area contributed by atoms with Crippen LogP contribution in [0.2, 0.25) is 0 Å². The van der Waals surface area contributed by atoms with Crippen molar-refractivity contribution in [1.82, 2.24) is 9.78 Å². The van der Waals surface area contributed by atoms with Gasteiger partial charge in [0.15, 0.2) is 0 Å². The van der Waals surface area contributed by atoms with Crippen LogP contribution in [-0.4, -0.2) is 16.9 Å². The highest BCUT2D eigenvalue weighted by molar-refractivity contribution is 9.10. The number of nitrogens with zero attached hydrogens (tertiary/aromatic N) is 2. The molecule has 0 spiro atoms. The van der Waals surface area contributed by atoms with Crippen LogP contribution in [-0.2, 0) is 19.5 Å². The summed E-state index contributed by atoms with van der Waals surface area (Å²) in [6.45, 7) is 5.82. The van der Waals surface area contributed by atoms with Crippen molar-refractivity contribution in [3.8, 4) is 5.75 Å². The van der Waals surface area contributed by atoms with E-state index in [-0.39, 0.29) is 0 Å². The lowest BCUT2D eigenvalue weighted by atomic mass is 10.2. The lowest BCUT2D eigenvalue weighted by molar-refractivity contribution is 0.415. The summed E-state index contributed by atoms with van der Waals surface area (Å²) >= 11 is 3.66. The summed E-state index contributed by atoms with van der Waals surface area (Å²) in [7, 11) is 1.68. The number of benzene rings is 1. The number of aromatic nitrogens is 2. The van der Waals surface area contributed by atoms with E-state index < -0.39 is 0 Å². The predicted molar refractivity (Wildman–Crippen MR) is 85.3 cm³/mol. The Morgan fingerprint density at radius 2 is 2.15 bits per heavy atom. The first-order valence-electron chi connectivity index (χ1n) is 6.81. The fourth-order valence-electron chi connectivity index (χ4n) is 2.10. The van der Waals surface area contributed by atoms with E-state index in [0.29, 0.717) is 0 Å². The van der Waals surface area contributed by atoms with Crippen molar-refractivity contribution < 1.29 is 4.74 Å². The van der Waals surface area contributed by atoms with Gasteiger partial charge >= 0.3 is 0 Å². The van der Waals surface area contributed by atoms with Crippen LogP contribution in [0.3, 0.4) is 0 Å². The summed E-state index contributed by atoms with van der Waals surface area (Å²) < 4.78 is 8.38. The second-order valence-electron chi connectivity index (χ2n) is 4.46. The number of anilines is 1. The summed E-state index contributed by atoms with van der Waals surface area (Å²) in [4.78, 5) is 0. The standard InChI is InChI=1S/C15H20BrN3O/c1-4-13-15(16)14(19(5-2)18-13)10-17-11-7-6-8-12(9-11)20-3/h6-9,17H,4-5,10H2,1-3H3. The molecule has 0 saturated carbocycles. The SMILES string of the molecule is CCc1nn(CC)c(CNc2cccc(OC)c2)c1Br. The van der Waals surface area contributed by atoms with Crippen molar-refractivity contribution in [2.75, 3.05) is 12.4 Å². The number of hydrogen-bond donors (Lipinski definition) is 1. The average Bonchev–Trinajstić information content (AvgIpc) is 2.81. The lowest BCUT2D eigenvalue weighted by Crippen LogP contribution is -2.08. The molecule has 2 aromatic rings. The normalized spacial score (nSPS) is 10.6. The molecule has 0 aliphatic rings. The predicted octanol–water partition coefficient (Wildman–Crippen LogP) is 3.85. The van der Waals surface area contributed by atoms with Gasteiger partial charge in [-0.25, -0.2) is 0 Å². The fourth-order valence-corrected chi connectivity index (χ4v) is 2.81. The van der Waals surface area contributed by atoms with E-state index in [9.17, 15) is 0 Å². The highest BCUT2D eigenvalue weighted by Gasteiger charge is 2.13. The number of aryl methyl sites for hydroxylation is 2. The van der Waals surface area contributed by atoms with E-state index in [1.165, 1.54) is 5.69 Å². The minimum atomic E-state index is 0.731. The van der Waals surface area contributed by atoms with Gasteiger partial charge in [0.05, 0.1) is 29.5 Å². The van der Waals surface area contributed by atoms with Crippen LogP contribution in [0, 0.1) is 0 Å². The topological polar surface area (TPSA) is 39.1 Å². The molecular weight excluding hydrogens is 318 g/mol. The first kappa shape index (κ1) is 14.9. The molecule has 4 nitrogen and oxygen atoms in total. The highest BCUT2D eigenvalue weighted by atomic mass is 79.9. The Morgan fingerprint density at radius 3 is 2.80 bits per heavy atom. The van der Waals surface area contributed by atoms with Crippen LogP contribution in [0.25, 0.3) is 0 Å². The molecule has 0 bridgehead atoms. The van der Waals surface area contributed by atoms with Crippen LogP contribution in [0.5, 0.6) is 5.75 Å². The van der Waals surface area contributed by atoms with Crippen LogP contribution in [0.1, 0.15) is 25.2 Å². The molecule has 0 aliphatic carbocycles. The van der Waals surface area contributed by atoms with Gasteiger partial charge in [0, 0.05) is 18.3 Å². The van der Waals surface area contributed by atoms with Crippen molar-refractivity contribution in [3.63, 3.8) is 0 Å². The monoisotopic (exact) mass is 337 g/mol. The van der Waals surface area contributed by atoms with Crippen molar-refractivity contribution in [2.45, 2.75) is 33.4 Å². The smallest absolute Gasteiger partial charge is 0.120 e. The van der Waals surface area contributed by atoms with E-state index in [1.807, 2.05) is 28.9 Å². The van der Waals surface area contributed by atoms with Crippen molar-refractivity contribution in [1.29, 1.82) is 0 Å². The van der Waals surface area contributed by atoms with Crippen molar-refractivity contribution in [3.05, 3.63) is 40.1 Å². The molecule has 1 aromatic heterocycles. The third-order valence-electron chi connectivity index (χ3n) is 3.22. The molecular formula is C15H20BrN3O. The zero-order valence-corrected chi connectivity index (χ0v) is 13.7. The van der Waals surface area contributed by atoms with E-state index in [1.54, 1.807) is 7.11 Å². The van der Waals surface area contributed by atoms with Gasteiger partial charge in [0.25, 0.3) is 0 Å². The van der Waals surface area contributed by atoms with E-state index in [4.69, 9.17) is 4.74 Å². The third kappa shape index (κ3) is 3.15. The van der Waals surface area contributed by atoms with Gasteiger partial charge in [-0.1, -0.05) is 13.0 Å². The maximum Gasteiger partial charge on any atom is 0.120 e. The number of ether oxygens (including phenoxy) is 1. The maximum atomic E-state index is 5.23. The van der Waals surface area contributed by atoms with E-state index in [2.05, 4.69) is 40.2 Å². The molecule has 0 fully saturated rings. The maximum absolute atomic E-state index is 5.23.